The van der Waals surface area contributed by atoms with Crippen molar-refractivity contribution in [1.82, 2.24) is 0 Å². The maximum atomic E-state index is 10.7. The monoisotopic (exact) mass is 229 g/mol. The summed E-state index contributed by atoms with van der Waals surface area (Å²) in [6.45, 7) is 1.28. The number of hydrogen-bond donors (Lipinski definition) is 3. The zero-order valence-electron chi connectivity index (χ0n) is 7.74. The molecule has 6 heteroatoms. The fourth-order valence-corrected chi connectivity index (χ4v) is 1.26. The van der Waals surface area contributed by atoms with Crippen molar-refractivity contribution >= 4 is 29.2 Å². The molecule has 3 N–H and O–H groups in total. The van der Waals surface area contributed by atoms with Crippen LogP contribution in [-0.2, 0) is 4.79 Å². The number of halogens is 1. The average Bonchev–Trinajstić information content (AvgIpc) is 2.09. The highest BCUT2D eigenvalue weighted by Crippen LogP contribution is 2.31. The van der Waals surface area contributed by atoms with E-state index in [0.29, 0.717) is 0 Å². The molecular formula is C9H8ClNO4. The van der Waals surface area contributed by atoms with Gasteiger partial charge in [0, 0.05) is 12.6 Å². The minimum atomic E-state index is -1.32. The molecule has 0 saturated carbocycles. The van der Waals surface area contributed by atoms with Crippen LogP contribution in [0, 0.1) is 0 Å². The average molecular weight is 230 g/mol. The lowest BCUT2D eigenvalue weighted by molar-refractivity contribution is -0.114. The molecule has 1 rings (SSSR count). The standard InChI is InChI=1S/C9H8ClNO4/c1-4(12)11-5-2-6(9(14)15)8(13)7(10)3-5/h2-3,13H,1H3,(H,11,12)(H,14,15). The summed E-state index contributed by atoms with van der Waals surface area (Å²) >= 11 is 5.58. The van der Waals surface area contributed by atoms with Gasteiger partial charge in [-0.05, 0) is 12.1 Å². The third-order valence-electron chi connectivity index (χ3n) is 1.61. The second-order valence-electron chi connectivity index (χ2n) is 2.84. The molecule has 1 aromatic carbocycles. The first-order valence-electron chi connectivity index (χ1n) is 3.95. The molecule has 0 radical (unpaired) electrons. The van der Waals surface area contributed by atoms with Gasteiger partial charge in [0.2, 0.25) is 5.91 Å². The number of carbonyl (C=O) groups is 2. The van der Waals surface area contributed by atoms with Crippen molar-refractivity contribution in [2.75, 3.05) is 5.32 Å². The van der Waals surface area contributed by atoms with E-state index < -0.39 is 11.7 Å². The van der Waals surface area contributed by atoms with E-state index in [9.17, 15) is 14.7 Å². The second-order valence-corrected chi connectivity index (χ2v) is 3.25. The van der Waals surface area contributed by atoms with Crippen molar-refractivity contribution in [2.45, 2.75) is 6.92 Å². The van der Waals surface area contributed by atoms with E-state index >= 15 is 0 Å². The molecule has 0 bridgehead atoms. The first kappa shape index (κ1) is 11.3. The van der Waals surface area contributed by atoms with Crippen LogP contribution in [0.5, 0.6) is 5.75 Å². The molecule has 1 amide bonds. The van der Waals surface area contributed by atoms with Crippen LogP contribution in [0.3, 0.4) is 0 Å². The lowest BCUT2D eigenvalue weighted by Crippen LogP contribution is -2.07. The predicted molar refractivity (Wildman–Crippen MR) is 54.4 cm³/mol. The van der Waals surface area contributed by atoms with Crippen LogP contribution in [0.1, 0.15) is 17.3 Å². The smallest absolute Gasteiger partial charge is 0.339 e. The molecule has 0 unspecified atom stereocenters. The van der Waals surface area contributed by atoms with E-state index in [1.807, 2.05) is 0 Å². The first-order valence-corrected chi connectivity index (χ1v) is 4.33. The maximum Gasteiger partial charge on any atom is 0.339 e. The SMILES string of the molecule is CC(=O)Nc1cc(Cl)c(O)c(C(=O)O)c1. The molecule has 0 heterocycles. The van der Waals surface area contributed by atoms with Crippen LogP contribution < -0.4 is 5.32 Å². The van der Waals surface area contributed by atoms with Gasteiger partial charge in [-0.15, -0.1) is 0 Å². The highest BCUT2D eigenvalue weighted by molar-refractivity contribution is 6.33. The molecule has 0 atom stereocenters. The topological polar surface area (TPSA) is 86.6 Å². The number of carboxylic acids is 1. The summed E-state index contributed by atoms with van der Waals surface area (Å²) in [5.41, 5.74) is -0.131. The summed E-state index contributed by atoms with van der Waals surface area (Å²) in [4.78, 5) is 21.4. The molecule has 0 fully saturated rings. The number of aromatic carboxylic acids is 1. The number of carbonyl (C=O) groups excluding carboxylic acids is 1. The van der Waals surface area contributed by atoms with Crippen LogP contribution in [0.4, 0.5) is 5.69 Å². The zero-order chi connectivity index (χ0) is 11.6. The van der Waals surface area contributed by atoms with Crippen LogP contribution in [0.15, 0.2) is 12.1 Å². The number of aromatic hydroxyl groups is 1. The van der Waals surface area contributed by atoms with Gasteiger partial charge in [-0.3, -0.25) is 4.79 Å². The minimum Gasteiger partial charge on any atom is -0.505 e. The highest BCUT2D eigenvalue weighted by atomic mass is 35.5. The van der Waals surface area contributed by atoms with Gasteiger partial charge >= 0.3 is 5.97 Å². The summed E-state index contributed by atoms with van der Waals surface area (Å²) in [6.07, 6.45) is 0. The molecule has 0 aliphatic carbocycles. The second kappa shape index (κ2) is 4.18. The zero-order valence-corrected chi connectivity index (χ0v) is 8.50. The summed E-state index contributed by atoms with van der Waals surface area (Å²) in [7, 11) is 0. The Bertz CT molecular complexity index is 430. The van der Waals surface area contributed by atoms with Crippen molar-refractivity contribution in [3.05, 3.63) is 22.7 Å². The Morgan fingerprint density at radius 2 is 2.00 bits per heavy atom. The molecule has 0 spiro atoms. The van der Waals surface area contributed by atoms with Gasteiger partial charge in [-0.1, -0.05) is 11.6 Å². The Hall–Kier alpha value is -1.75. The lowest BCUT2D eigenvalue weighted by Gasteiger charge is -2.06. The molecule has 0 aliphatic rings. The van der Waals surface area contributed by atoms with Crippen LogP contribution in [0.2, 0.25) is 5.02 Å². The summed E-state index contributed by atoms with van der Waals surface area (Å²) in [5, 5.41) is 20.3. The molecule has 0 aliphatic heterocycles. The fraction of sp³-hybridized carbons (Fsp3) is 0.111. The van der Waals surface area contributed by atoms with Crippen molar-refractivity contribution in [3.63, 3.8) is 0 Å². The number of benzene rings is 1. The Morgan fingerprint density at radius 1 is 1.40 bits per heavy atom. The molecule has 80 valence electrons. The van der Waals surface area contributed by atoms with Gasteiger partial charge < -0.3 is 15.5 Å². The molecule has 15 heavy (non-hydrogen) atoms. The van der Waals surface area contributed by atoms with E-state index in [-0.39, 0.29) is 22.2 Å². The highest BCUT2D eigenvalue weighted by Gasteiger charge is 2.14. The van der Waals surface area contributed by atoms with E-state index in [2.05, 4.69) is 5.32 Å². The molecule has 1 aromatic rings. The quantitative estimate of drug-likeness (QED) is 0.674. The van der Waals surface area contributed by atoms with E-state index in [1.165, 1.54) is 13.0 Å². The number of phenols is 1. The number of hydrogen-bond acceptors (Lipinski definition) is 3. The fourth-order valence-electron chi connectivity index (χ4n) is 1.04. The number of amides is 1. The Labute approximate surface area is 90.3 Å². The third-order valence-corrected chi connectivity index (χ3v) is 1.90. The van der Waals surface area contributed by atoms with Crippen LogP contribution in [0.25, 0.3) is 0 Å². The molecular weight excluding hydrogens is 222 g/mol. The van der Waals surface area contributed by atoms with E-state index in [0.717, 1.165) is 6.07 Å². The van der Waals surface area contributed by atoms with Gasteiger partial charge in [0.15, 0.2) is 0 Å². The number of rotatable bonds is 2. The Kier molecular flexibility index (Phi) is 3.16. The van der Waals surface area contributed by atoms with Gasteiger partial charge in [0.05, 0.1) is 5.02 Å². The van der Waals surface area contributed by atoms with Crippen molar-refractivity contribution in [2.24, 2.45) is 0 Å². The van der Waals surface area contributed by atoms with E-state index in [4.69, 9.17) is 16.7 Å². The van der Waals surface area contributed by atoms with Crippen molar-refractivity contribution in [3.8, 4) is 5.75 Å². The number of anilines is 1. The predicted octanol–water partition coefficient (Wildman–Crippen LogP) is 1.70. The number of nitrogens with one attached hydrogen (secondary N) is 1. The number of carboxylic acid groups (broad SMARTS) is 1. The summed E-state index contributed by atoms with van der Waals surface area (Å²) in [6, 6.07) is 2.40. The van der Waals surface area contributed by atoms with Crippen molar-refractivity contribution < 1.29 is 19.8 Å². The maximum absolute atomic E-state index is 10.7. The van der Waals surface area contributed by atoms with Crippen molar-refractivity contribution in [1.29, 1.82) is 0 Å². The van der Waals surface area contributed by atoms with Crippen LogP contribution >= 0.6 is 11.6 Å². The first-order chi connectivity index (χ1) is 6.91. The Morgan fingerprint density at radius 3 is 2.47 bits per heavy atom. The largest absolute Gasteiger partial charge is 0.505 e. The molecule has 0 saturated heterocycles. The van der Waals surface area contributed by atoms with Gasteiger partial charge in [0.25, 0.3) is 0 Å². The normalized spacial score (nSPS) is 9.73. The summed E-state index contributed by atoms with van der Waals surface area (Å²) in [5.74, 6) is -2.19. The Balaban J connectivity index is 3.23. The minimum absolute atomic E-state index is 0.126. The molecule has 5 nitrogen and oxygen atoms in total. The van der Waals surface area contributed by atoms with Crippen LogP contribution in [-0.4, -0.2) is 22.1 Å². The molecule has 0 aromatic heterocycles. The lowest BCUT2D eigenvalue weighted by atomic mass is 10.1. The van der Waals surface area contributed by atoms with Gasteiger partial charge in [-0.25, -0.2) is 4.79 Å². The third kappa shape index (κ3) is 2.60. The van der Waals surface area contributed by atoms with Gasteiger partial charge in [0.1, 0.15) is 11.3 Å². The summed E-state index contributed by atoms with van der Waals surface area (Å²) < 4.78 is 0. The van der Waals surface area contributed by atoms with E-state index in [1.54, 1.807) is 0 Å². The van der Waals surface area contributed by atoms with Gasteiger partial charge in [-0.2, -0.15) is 0 Å².